The molecule has 0 saturated carbocycles. The first-order valence-electron chi connectivity index (χ1n) is 6.77. The second-order valence-electron chi connectivity index (χ2n) is 5.08. The summed E-state index contributed by atoms with van der Waals surface area (Å²) in [4.78, 5) is 11.7. The largest absolute Gasteiger partial charge is 0.387 e. The van der Waals surface area contributed by atoms with Crippen LogP contribution >= 0.6 is 11.3 Å². The van der Waals surface area contributed by atoms with Crippen LogP contribution in [0.5, 0.6) is 0 Å². The van der Waals surface area contributed by atoms with Gasteiger partial charge in [-0.2, -0.15) is 11.3 Å². The normalized spacial score (nSPS) is 15.6. The molecule has 108 valence electrons. The molecule has 0 aliphatic heterocycles. The number of urea groups is 1. The summed E-state index contributed by atoms with van der Waals surface area (Å²) in [5, 5.41) is 19.2. The molecule has 0 fully saturated rings. The van der Waals surface area contributed by atoms with E-state index < -0.39 is 6.10 Å². The van der Waals surface area contributed by atoms with Gasteiger partial charge < -0.3 is 15.7 Å². The molecule has 5 heteroatoms. The van der Waals surface area contributed by atoms with E-state index in [0.29, 0.717) is 5.92 Å². The quantitative estimate of drug-likeness (QED) is 0.721. The van der Waals surface area contributed by atoms with Gasteiger partial charge in [0.15, 0.2) is 0 Å². The van der Waals surface area contributed by atoms with Crippen molar-refractivity contribution in [3.63, 3.8) is 0 Å². The number of amides is 2. The average Bonchev–Trinajstić information content (AvgIpc) is 2.89. The molecule has 4 nitrogen and oxygen atoms in total. The highest BCUT2D eigenvalue weighted by atomic mass is 32.1. The first-order valence-corrected chi connectivity index (χ1v) is 7.71. The fourth-order valence-corrected chi connectivity index (χ4v) is 2.58. The molecule has 0 saturated heterocycles. The van der Waals surface area contributed by atoms with E-state index in [1.54, 1.807) is 0 Å². The summed E-state index contributed by atoms with van der Waals surface area (Å²) in [5.41, 5.74) is 0.845. The summed E-state index contributed by atoms with van der Waals surface area (Å²) in [6.07, 6.45) is 1.45. The SMILES string of the molecule is CCC(C)CC(C)NC(=O)NCC(O)c1ccsc1. The Morgan fingerprint density at radius 2 is 2.21 bits per heavy atom. The highest BCUT2D eigenvalue weighted by Crippen LogP contribution is 2.15. The van der Waals surface area contributed by atoms with Crippen molar-refractivity contribution in [3.8, 4) is 0 Å². The lowest BCUT2D eigenvalue weighted by atomic mass is 10.0. The van der Waals surface area contributed by atoms with Crippen LogP contribution in [0.4, 0.5) is 4.79 Å². The van der Waals surface area contributed by atoms with Crippen LogP contribution in [-0.2, 0) is 0 Å². The molecular weight excluding hydrogens is 260 g/mol. The predicted molar refractivity (Wildman–Crippen MR) is 79.3 cm³/mol. The van der Waals surface area contributed by atoms with Crippen molar-refractivity contribution >= 4 is 17.4 Å². The Balaban J connectivity index is 2.24. The van der Waals surface area contributed by atoms with E-state index >= 15 is 0 Å². The van der Waals surface area contributed by atoms with Crippen molar-refractivity contribution < 1.29 is 9.90 Å². The number of hydrogen-bond acceptors (Lipinski definition) is 3. The molecule has 0 aliphatic carbocycles. The highest BCUT2D eigenvalue weighted by molar-refractivity contribution is 7.07. The maximum atomic E-state index is 11.7. The lowest BCUT2D eigenvalue weighted by Crippen LogP contribution is -2.42. The van der Waals surface area contributed by atoms with Gasteiger partial charge in [-0.15, -0.1) is 0 Å². The zero-order valence-corrected chi connectivity index (χ0v) is 12.7. The van der Waals surface area contributed by atoms with Crippen LogP contribution in [0.15, 0.2) is 16.8 Å². The smallest absolute Gasteiger partial charge is 0.315 e. The minimum atomic E-state index is -0.637. The first-order chi connectivity index (χ1) is 9.02. The van der Waals surface area contributed by atoms with Crippen LogP contribution in [0, 0.1) is 5.92 Å². The fourth-order valence-electron chi connectivity index (χ4n) is 1.88. The van der Waals surface area contributed by atoms with E-state index in [4.69, 9.17) is 0 Å². The number of carbonyl (C=O) groups is 1. The Morgan fingerprint density at radius 3 is 2.79 bits per heavy atom. The summed E-state index contributed by atoms with van der Waals surface area (Å²) in [6.45, 7) is 6.56. The fraction of sp³-hybridized carbons (Fsp3) is 0.643. The van der Waals surface area contributed by atoms with Gasteiger partial charge in [0.2, 0.25) is 0 Å². The van der Waals surface area contributed by atoms with Crippen molar-refractivity contribution in [1.82, 2.24) is 10.6 Å². The minimum absolute atomic E-state index is 0.147. The molecule has 2 amide bonds. The molecule has 3 atom stereocenters. The molecule has 0 aliphatic rings. The Hall–Kier alpha value is -1.07. The maximum Gasteiger partial charge on any atom is 0.315 e. The third kappa shape index (κ3) is 6.07. The van der Waals surface area contributed by atoms with E-state index in [2.05, 4.69) is 24.5 Å². The monoisotopic (exact) mass is 284 g/mol. The van der Waals surface area contributed by atoms with Crippen molar-refractivity contribution in [2.45, 2.75) is 45.8 Å². The first kappa shape index (κ1) is 16.0. The molecule has 19 heavy (non-hydrogen) atoms. The molecule has 0 bridgehead atoms. The summed E-state index contributed by atoms with van der Waals surface area (Å²) in [7, 11) is 0. The Kier molecular flexibility index (Phi) is 6.87. The van der Waals surface area contributed by atoms with Gasteiger partial charge >= 0.3 is 6.03 Å². The maximum absolute atomic E-state index is 11.7. The number of aliphatic hydroxyl groups is 1. The van der Waals surface area contributed by atoms with E-state index in [-0.39, 0.29) is 18.6 Å². The van der Waals surface area contributed by atoms with Crippen molar-refractivity contribution in [3.05, 3.63) is 22.4 Å². The summed E-state index contributed by atoms with van der Waals surface area (Å²) < 4.78 is 0. The van der Waals surface area contributed by atoms with Crippen LogP contribution in [0.3, 0.4) is 0 Å². The molecule has 3 N–H and O–H groups in total. The van der Waals surface area contributed by atoms with Gasteiger partial charge in [-0.1, -0.05) is 20.3 Å². The number of hydrogen-bond donors (Lipinski definition) is 3. The summed E-state index contributed by atoms with van der Waals surface area (Å²) in [5.74, 6) is 0.603. The second-order valence-corrected chi connectivity index (χ2v) is 5.86. The Labute approximate surface area is 119 Å². The Morgan fingerprint density at radius 1 is 1.47 bits per heavy atom. The Bertz CT molecular complexity index is 368. The zero-order chi connectivity index (χ0) is 14.3. The van der Waals surface area contributed by atoms with Gasteiger partial charge in [0, 0.05) is 12.6 Å². The van der Waals surface area contributed by atoms with Gasteiger partial charge in [-0.25, -0.2) is 4.79 Å². The number of carbonyl (C=O) groups excluding carboxylic acids is 1. The van der Waals surface area contributed by atoms with E-state index in [1.165, 1.54) is 11.3 Å². The van der Waals surface area contributed by atoms with Crippen LogP contribution in [0.2, 0.25) is 0 Å². The van der Waals surface area contributed by atoms with Gasteiger partial charge in [0.05, 0.1) is 6.10 Å². The number of rotatable bonds is 7. The second kappa shape index (κ2) is 8.17. The molecule has 1 aromatic rings. The van der Waals surface area contributed by atoms with Gasteiger partial charge in [-0.3, -0.25) is 0 Å². The van der Waals surface area contributed by atoms with Crippen LogP contribution in [-0.4, -0.2) is 23.7 Å². The lowest BCUT2D eigenvalue weighted by molar-refractivity contribution is 0.172. The topological polar surface area (TPSA) is 61.4 Å². The summed E-state index contributed by atoms with van der Waals surface area (Å²) in [6, 6.07) is 1.79. The van der Waals surface area contributed by atoms with Gasteiger partial charge in [-0.05, 0) is 41.7 Å². The van der Waals surface area contributed by atoms with E-state index in [0.717, 1.165) is 18.4 Å². The third-order valence-corrected chi connectivity index (χ3v) is 3.92. The van der Waals surface area contributed by atoms with Gasteiger partial charge in [0.25, 0.3) is 0 Å². The van der Waals surface area contributed by atoms with Crippen LogP contribution in [0.1, 0.15) is 45.3 Å². The number of thiophene rings is 1. The molecular formula is C14H24N2O2S. The minimum Gasteiger partial charge on any atom is -0.387 e. The average molecular weight is 284 g/mol. The standard InChI is InChI=1S/C14H24N2O2S/c1-4-10(2)7-11(3)16-14(18)15-8-13(17)12-5-6-19-9-12/h5-6,9-11,13,17H,4,7-8H2,1-3H3,(H2,15,16,18). The highest BCUT2D eigenvalue weighted by Gasteiger charge is 2.12. The zero-order valence-electron chi connectivity index (χ0n) is 11.8. The predicted octanol–water partition coefficient (Wildman–Crippen LogP) is 2.91. The molecule has 0 aromatic carbocycles. The van der Waals surface area contributed by atoms with Crippen molar-refractivity contribution in [1.29, 1.82) is 0 Å². The van der Waals surface area contributed by atoms with Crippen molar-refractivity contribution in [2.75, 3.05) is 6.54 Å². The van der Waals surface area contributed by atoms with E-state index in [1.807, 2.05) is 23.8 Å². The van der Waals surface area contributed by atoms with Crippen LogP contribution in [0.25, 0.3) is 0 Å². The third-order valence-electron chi connectivity index (χ3n) is 3.21. The van der Waals surface area contributed by atoms with Crippen LogP contribution < -0.4 is 10.6 Å². The number of aliphatic hydroxyl groups excluding tert-OH is 1. The van der Waals surface area contributed by atoms with Crippen molar-refractivity contribution in [2.24, 2.45) is 5.92 Å². The summed E-state index contributed by atoms with van der Waals surface area (Å²) >= 11 is 1.53. The molecule has 1 rings (SSSR count). The molecule has 1 heterocycles. The molecule has 0 spiro atoms. The molecule has 3 unspecified atom stereocenters. The molecule has 1 aromatic heterocycles. The molecule has 0 radical (unpaired) electrons. The lowest BCUT2D eigenvalue weighted by Gasteiger charge is -2.18. The van der Waals surface area contributed by atoms with Gasteiger partial charge in [0.1, 0.15) is 0 Å². The number of nitrogens with one attached hydrogen (secondary N) is 2. The van der Waals surface area contributed by atoms with E-state index in [9.17, 15) is 9.90 Å².